The van der Waals surface area contributed by atoms with Crippen LogP contribution < -0.4 is 10.1 Å². The summed E-state index contributed by atoms with van der Waals surface area (Å²) >= 11 is 0. The van der Waals surface area contributed by atoms with Gasteiger partial charge in [-0.1, -0.05) is 12.1 Å². The molecule has 1 atom stereocenters. The number of ether oxygens (including phenoxy) is 2. The van der Waals surface area contributed by atoms with E-state index in [0.29, 0.717) is 30.9 Å². The third-order valence-corrected chi connectivity index (χ3v) is 3.32. The van der Waals surface area contributed by atoms with Crippen molar-refractivity contribution in [3.05, 3.63) is 29.3 Å². The van der Waals surface area contributed by atoms with E-state index in [4.69, 9.17) is 9.47 Å². The van der Waals surface area contributed by atoms with Crippen molar-refractivity contribution in [3.63, 3.8) is 0 Å². The van der Waals surface area contributed by atoms with E-state index in [1.54, 1.807) is 6.07 Å². The molecule has 20 heavy (non-hydrogen) atoms. The van der Waals surface area contributed by atoms with Gasteiger partial charge in [0.25, 0.3) is 0 Å². The molecule has 0 radical (unpaired) electrons. The fourth-order valence-corrected chi connectivity index (χ4v) is 2.23. The SMILES string of the molecule is COCCC(=O)NC1CCOc2c(C)cccc2C1=O. The first-order valence-electron chi connectivity index (χ1n) is 6.68. The molecule has 1 aliphatic rings. The van der Waals surface area contributed by atoms with Gasteiger partial charge in [0.2, 0.25) is 5.91 Å². The maximum atomic E-state index is 12.5. The van der Waals surface area contributed by atoms with Gasteiger partial charge < -0.3 is 14.8 Å². The second-order valence-corrected chi connectivity index (χ2v) is 4.82. The van der Waals surface area contributed by atoms with Crippen LogP contribution in [0, 0.1) is 6.92 Å². The number of fused-ring (bicyclic) bond motifs is 1. The molecule has 2 rings (SSSR count). The van der Waals surface area contributed by atoms with Crippen LogP contribution in [0.25, 0.3) is 0 Å². The summed E-state index contributed by atoms with van der Waals surface area (Å²) in [5, 5.41) is 2.76. The van der Waals surface area contributed by atoms with Crippen LogP contribution >= 0.6 is 0 Å². The topological polar surface area (TPSA) is 64.6 Å². The van der Waals surface area contributed by atoms with Crippen molar-refractivity contribution < 1.29 is 19.1 Å². The Hall–Kier alpha value is -1.88. The molecular weight excluding hydrogens is 258 g/mol. The van der Waals surface area contributed by atoms with Gasteiger partial charge in [0, 0.05) is 20.0 Å². The van der Waals surface area contributed by atoms with Gasteiger partial charge in [-0.2, -0.15) is 0 Å². The molecule has 1 aliphatic heterocycles. The highest BCUT2D eigenvalue weighted by molar-refractivity contribution is 6.04. The van der Waals surface area contributed by atoms with E-state index in [1.807, 2.05) is 19.1 Å². The van der Waals surface area contributed by atoms with Crippen molar-refractivity contribution in [2.75, 3.05) is 20.3 Å². The minimum absolute atomic E-state index is 0.0908. The van der Waals surface area contributed by atoms with Gasteiger partial charge in [0.1, 0.15) is 5.75 Å². The fraction of sp³-hybridized carbons (Fsp3) is 0.467. The maximum Gasteiger partial charge on any atom is 0.222 e. The van der Waals surface area contributed by atoms with Crippen LogP contribution in [0.15, 0.2) is 18.2 Å². The van der Waals surface area contributed by atoms with E-state index >= 15 is 0 Å². The number of Topliss-reactive ketones (excluding diaryl/α,β-unsaturated/α-hetero) is 1. The second kappa shape index (κ2) is 6.52. The van der Waals surface area contributed by atoms with E-state index < -0.39 is 6.04 Å². The summed E-state index contributed by atoms with van der Waals surface area (Å²) < 4.78 is 10.5. The lowest BCUT2D eigenvalue weighted by Crippen LogP contribution is -2.41. The molecule has 0 aromatic heterocycles. The number of carbonyl (C=O) groups is 2. The minimum Gasteiger partial charge on any atom is -0.492 e. The minimum atomic E-state index is -0.526. The van der Waals surface area contributed by atoms with Gasteiger partial charge in [0.05, 0.1) is 24.8 Å². The van der Waals surface area contributed by atoms with Crippen molar-refractivity contribution in [2.24, 2.45) is 0 Å². The van der Waals surface area contributed by atoms with E-state index in [1.165, 1.54) is 7.11 Å². The Labute approximate surface area is 118 Å². The summed E-state index contributed by atoms with van der Waals surface area (Å²) in [6.45, 7) is 2.67. The van der Waals surface area contributed by atoms with Crippen molar-refractivity contribution >= 4 is 11.7 Å². The molecule has 0 bridgehead atoms. The molecule has 0 fully saturated rings. The first-order chi connectivity index (χ1) is 9.63. The third-order valence-electron chi connectivity index (χ3n) is 3.32. The Balaban J connectivity index is 2.13. The highest BCUT2D eigenvalue weighted by Crippen LogP contribution is 2.27. The molecular formula is C15H19NO4. The van der Waals surface area contributed by atoms with Gasteiger partial charge in [0.15, 0.2) is 5.78 Å². The van der Waals surface area contributed by atoms with Gasteiger partial charge in [-0.25, -0.2) is 0 Å². The smallest absolute Gasteiger partial charge is 0.222 e. The Kier molecular flexibility index (Phi) is 4.74. The number of amides is 1. The maximum absolute atomic E-state index is 12.5. The molecule has 0 aliphatic carbocycles. The molecule has 1 unspecified atom stereocenters. The zero-order chi connectivity index (χ0) is 14.5. The summed E-state index contributed by atoms with van der Waals surface area (Å²) in [6.07, 6.45) is 0.730. The number of ketones is 1. The molecule has 0 saturated carbocycles. The average Bonchev–Trinajstić information content (AvgIpc) is 2.59. The predicted molar refractivity (Wildman–Crippen MR) is 74.0 cm³/mol. The van der Waals surface area contributed by atoms with Crippen LogP contribution in [0.1, 0.15) is 28.8 Å². The summed E-state index contributed by atoms with van der Waals surface area (Å²) in [5.41, 5.74) is 1.47. The van der Waals surface area contributed by atoms with Crippen molar-refractivity contribution in [1.29, 1.82) is 0 Å². The van der Waals surface area contributed by atoms with Crippen LogP contribution in [-0.4, -0.2) is 38.1 Å². The third kappa shape index (κ3) is 3.17. The van der Waals surface area contributed by atoms with Crippen LogP contribution in [0.2, 0.25) is 0 Å². The van der Waals surface area contributed by atoms with Crippen molar-refractivity contribution in [2.45, 2.75) is 25.8 Å². The van der Waals surface area contributed by atoms with E-state index in [9.17, 15) is 9.59 Å². The van der Waals surface area contributed by atoms with E-state index in [-0.39, 0.29) is 18.1 Å². The molecule has 1 heterocycles. The normalized spacial score (nSPS) is 17.9. The van der Waals surface area contributed by atoms with Crippen molar-refractivity contribution in [3.8, 4) is 5.75 Å². The van der Waals surface area contributed by atoms with E-state index in [2.05, 4.69) is 5.32 Å². The van der Waals surface area contributed by atoms with Crippen LogP contribution in [0.4, 0.5) is 0 Å². The number of nitrogens with one attached hydrogen (secondary N) is 1. The molecule has 0 spiro atoms. The van der Waals surface area contributed by atoms with E-state index in [0.717, 1.165) is 5.56 Å². The Morgan fingerprint density at radius 1 is 1.50 bits per heavy atom. The largest absolute Gasteiger partial charge is 0.492 e. The highest BCUT2D eigenvalue weighted by atomic mass is 16.5. The molecule has 0 saturated heterocycles. The molecule has 5 heteroatoms. The molecule has 1 aromatic rings. The number of hydrogen-bond acceptors (Lipinski definition) is 4. The molecule has 1 aromatic carbocycles. The summed E-state index contributed by atoms with van der Waals surface area (Å²) in [7, 11) is 1.54. The number of carbonyl (C=O) groups excluding carboxylic acids is 2. The molecule has 5 nitrogen and oxygen atoms in total. The molecule has 1 amide bonds. The Morgan fingerprint density at radius 3 is 3.05 bits per heavy atom. The van der Waals surface area contributed by atoms with Gasteiger partial charge in [-0.05, 0) is 18.6 Å². The zero-order valence-corrected chi connectivity index (χ0v) is 11.8. The zero-order valence-electron chi connectivity index (χ0n) is 11.8. The molecule has 108 valence electrons. The standard InChI is InChI=1S/C15H19NO4/c1-10-4-3-5-11-14(18)12(6-9-20-15(10)11)16-13(17)7-8-19-2/h3-5,12H,6-9H2,1-2H3,(H,16,17). The van der Waals surface area contributed by atoms with Gasteiger partial charge >= 0.3 is 0 Å². The van der Waals surface area contributed by atoms with Crippen LogP contribution in [0.3, 0.4) is 0 Å². The summed E-state index contributed by atoms with van der Waals surface area (Å²) in [4.78, 5) is 24.2. The quantitative estimate of drug-likeness (QED) is 0.905. The fourth-order valence-electron chi connectivity index (χ4n) is 2.23. The summed E-state index contributed by atoms with van der Waals surface area (Å²) in [6, 6.07) is 4.95. The van der Waals surface area contributed by atoms with Gasteiger partial charge in [-0.3, -0.25) is 9.59 Å². The highest BCUT2D eigenvalue weighted by Gasteiger charge is 2.28. The number of para-hydroxylation sites is 1. The van der Waals surface area contributed by atoms with Crippen LogP contribution in [-0.2, 0) is 9.53 Å². The second-order valence-electron chi connectivity index (χ2n) is 4.82. The number of rotatable bonds is 4. The monoisotopic (exact) mass is 277 g/mol. The summed E-state index contributed by atoms with van der Waals surface area (Å²) in [5.74, 6) is 0.361. The Bertz CT molecular complexity index is 513. The lowest BCUT2D eigenvalue weighted by molar-refractivity contribution is -0.122. The Morgan fingerprint density at radius 2 is 2.30 bits per heavy atom. The van der Waals surface area contributed by atoms with Gasteiger partial charge in [-0.15, -0.1) is 0 Å². The first-order valence-corrected chi connectivity index (χ1v) is 6.68. The predicted octanol–water partition coefficient (Wildman–Crippen LogP) is 1.48. The lowest BCUT2D eigenvalue weighted by atomic mass is 10.00. The number of benzene rings is 1. The number of methoxy groups -OCH3 is 1. The lowest BCUT2D eigenvalue weighted by Gasteiger charge is -2.14. The number of hydrogen-bond donors (Lipinski definition) is 1. The first kappa shape index (κ1) is 14.5. The number of aryl methyl sites for hydroxylation is 1. The average molecular weight is 277 g/mol. The van der Waals surface area contributed by atoms with Crippen molar-refractivity contribution in [1.82, 2.24) is 5.32 Å². The van der Waals surface area contributed by atoms with Crippen LogP contribution in [0.5, 0.6) is 5.75 Å². The molecule has 1 N–H and O–H groups in total.